The molecule has 2 heterocycles. The minimum atomic E-state index is -0.833. The number of fused-ring (bicyclic) bond motifs is 3. The summed E-state index contributed by atoms with van der Waals surface area (Å²) in [6.07, 6.45) is 4.35. The number of H-pyrrole nitrogens is 1. The van der Waals surface area contributed by atoms with Crippen molar-refractivity contribution in [3.05, 3.63) is 56.5 Å². The van der Waals surface area contributed by atoms with E-state index < -0.39 is 17.5 Å². The van der Waals surface area contributed by atoms with Gasteiger partial charge in [0.2, 0.25) is 5.91 Å². The first kappa shape index (κ1) is 17.8. The number of nitrogens with one attached hydrogen (secondary N) is 2. The van der Waals surface area contributed by atoms with Crippen LogP contribution in [0.15, 0.2) is 23.0 Å². The molecule has 2 N–H and O–H groups in total. The van der Waals surface area contributed by atoms with E-state index in [1.807, 2.05) is 0 Å². The zero-order valence-electron chi connectivity index (χ0n) is 14.4. The van der Waals surface area contributed by atoms with Gasteiger partial charge in [-0.15, -0.1) is 11.3 Å². The molecule has 1 aromatic carbocycles. The van der Waals surface area contributed by atoms with Crippen molar-refractivity contribution in [1.29, 1.82) is 0 Å². The van der Waals surface area contributed by atoms with Crippen molar-refractivity contribution in [2.24, 2.45) is 0 Å². The average Bonchev–Trinajstić information content (AvgIpc) is 3.01. The Morgan fingerprint density at radius 1 is 1.26 bits per heavy atom. The molecular formula is C19H17F2N3O2S. The lowest BCUT2D eigenvalue weighted by atomic mass is 9.97. The Labute approximate surface area is 157 Å². The molecule has 0 bridgehead atoms. The first-order chi connectivity index (χ1) is 13.0. The Morgan fingerprint density at radius 3 is 2.89 bits per heavy atom. The summed E-state index contributed by atoms with van der Waals surface area (Å²) in [5, 5.41) is 3.08. The topological polar surface area (TPSA) is 74.8 Å². The number of aryl methyl sites for hydroxylation is 3. The molecule has 0 aliphatic heterocycles. The van der Waals surface area contributed by atoms with E-state index in [4.69, 9.17) is 0 Å². The largest absolute Gasteiger partial charge is 0.324 e. The lowest BCUT2D eigenvalue weighted by Gasteiger charge is -2.09. The normalized spacial score (nSPS) is 13.6. The van der Waals surface area contributed by atoms with Crippen molar-refractivity contribution in [3.8, 4) is 0 Å². The number of amides is 1. The summed E-state index contributed by atoms with van der Waals surface area (Å²) in [5.74, 6) is -1.55. The van der Waals surface area contributed by atoms with Gasteiger partial charge in [-0.3, -0.25) is 9.59 Å². The van der Waals surface area contributed by atoms with E-state index in [2.05, 4.69) is 15.3 Å². The van der Waals surface area contributed by atoms with E-state index in [1.165, 1.54) is 10.9 Å². The van der Waals surface area contributed by atoms with Crippen molar-refractivity contribution < 1.29 is 13.6 Å². The number of carbonyl (C=O) groups excluding carboxylic acids is 1. The van der Waals surface area contributed by atoms with Gasteiger partial charge in [-0.25, -0.2) is 13.8 Å². The lowest BCUT2D eigenvalue weighted by Crippen LogP contribution is -2.17. The molecule has 140 valence electrons. The minimum Gasteiger partial charge on any atom is -0.324 e. The molecule has 27 heavy (non-hydrogen) atoms. The van der Waals surface area contributed by atoms with Gasteiger partial charge in [0.25, 0.3) is 5.56 Å². The molecule has 0 saturated heterocycles. The summed E-state index contributed by atoms with van der Waals surface area (Å²) >= 11 is 1.55. The van der Waals surface area contributed by atoms with Crippen molar-refractivity contribution in [1.82, 2.24) is 9.97 Å². The predicted molar refractivity (Wildman–Crippen MR) is 100 cm³/mol. The third-order valence-electron chi connectivity index (χ3n) is 4.67. The van der Waals surface area contributed by atoms with E-state index in [0.717, 1.165) is 37.3 Å². The van der Waals surface area contributed by atoms with Crippen LogP contribution in [0.1, 0.15) is 35.5 Å². The van der Waals surface area contributed by atoms with E-state index in [-0.39, 0.29) is 24.1 Å². The Morgan fingerprint density at radius 2 is 2.07 bits per heavy atom. The van der Waals surface area contributed by atoms with Gasteiger partial charge in [0.1, 0.15) is 22.3 Å². The predicted octanol–water partition coefficient (Wildman–Crippen LogP) is 3.71. The second kappa shape index (κ2) is 7.19. The molecule has 0 atom stereocenters. The summed E-state index contributed by atoms with van der Waals surface area (Å²) in [4.78, 5) is 33.7. The summed E-state index contributed by atoms with van der Waals surface area (Å²) in [5.41, 5.74) is 0.870. The minimum absolute atomic E-state index is 0.0242. The van der Waals surface area contributed by atoms with E-state index >= 15 is 0 Å². The number of benzene rings is 1. The van der Waals surface area contributed by atoms with Gasteiger partial charge in [0, 0.05) is 23.8 Å². The van der Waals surface area contributed by atoms with Crippen molar-refractivity contribution in [2.75, 3.05) is 5.32 Å². The Hall–Kier alpha value is -2.61. The fourth-order valence-electron chi connectivity index (χ4n) is 3.36. The van der Waals surface area contributed by atoms with Crippen LogP contribution in [0, 0.1) is 11.6 Å². The molecule has 1 aliphatic carbocycles. The van der Waals surface area contributed by atoms with Gasteiger partial charge in [-0.2, -0.15) is 0 Å². The summed E-state index contributed by atoms with van der Waals surface area (Å²) in [7, 11) is 0. The molecule has 0 spiro atoms. The van der Waals surface area contributed by atoms with Gasteiger partial charge in [-0.05, 0) is 43.4 Å². The third-order valence-corrected chi connectivity index (χ3v) is 5.85. The SMILES string of the molecule is O=C(CCc1nc2sc3c(c2c(=O)[nH]1)CCCC3)Nc1ccc(F)cc1F. The molecular weight excluding hydrogens is 372 g/mol. The molecule has 0 saturated carbocycles. The third kappa shape index (κ3) is 3.62. The molecule has 0 radical (unpaired) electrons. The zero-order valence-corrected chi connectivity index (χ0v) is 15.2. The highest BCUT2D eigenvalue weighted by Gasteiger charge is 2.20. The maximum Gasteiger partial charge on any atom is 0.259 e. The van der Waals surface area contributed by atoms with Crippen LogP contribution in [-0.4, -0.2) is 15.9 Å². The van der Waals surface area contributed by atoms with Crippen LogP contribution in [0.4, 0.5) is 14.5 Å². The van der Waals surface area contributed by atoms with Gasteiger partial charge < -0.3 is 10.3 Å². The zero-order chi connectivity index (χ0) is 19.0. The second-order valence-corrected chi connectivity index (χ2v) is 7.66. The number of hydrogen-bond donors (Lipinski definition) is 2. The molecule has 1 aliphatic rings. The average molecular weight is 389 g/mol. The van der Waals surface area contributed by atoms with Gasteiger partial charge in [-0.1, -0.05) is 0 Å². The van der Waals surface area contributed by atoms with E-state index in [0.29, 0.717) is 22.1 Å². The van der Waals surface area contributed by atoms with Crippen LogP contribution < -0.4 is 10.9 Å². The van der Waals surface area contributed by atoms with E-state index in [9.17, 15) is 18.4 Å². The first-order valence-corrected chi connectivity index (χ1v) is 9.61. The molecule has 5 nitrogen and oxygen atoms in total. The number of carbonyl (C=O) groups is 1. The number of aromatic amines is 1. The molecule has 8 heteroatoms. The molecule has 3 aromatic rings. The number of rotatable bonds is 4. The van der Waals surface area contributed by atoms with Crippen LogP contribution in [0.5, 0.6) is 0 Å². The number of nitrogens with zero attached hydrogens (tertiary/aromatic N) is 1. The standard InChI is InChI=1S/C19H17F2N3O2S/c20-10-5-6-13(12(21)9-10)22-16(25)8-7-15-23-18(26)17-11-3-1-2-4-14(11)27-19(17)24-15/h5-6,9H,1-4,7-8H2,(H,22,25)(H,23,24,26). The Bertz CT molecular complexity index is 1090. The van der Waals surface area contributed by atoms with Gasteiger partial charge in [0.15, 0.2) is 0 Å². The molecule has 1 amide bonds. The highest BCUT2D eigenvalue weighted by Crippen LogP contribution is 2.33. The lowest BCUT2D eigenvalue weighted by molar-refractivity contribution is -0.116. The summed E-state index contributed by atoms with van der Waals surface area (Å²) < 4.78 is 26.5. The smallest absolute Gasteiger partial charge is 0.259 e. The fraction of sp³-hybridized carbons (Fsp3) is 0.316. The second-order valence-electron chi connectivity index (χ2n) is 6.58. The molecule has 2 aromatic heterocycles. The summed E-state index contributed by atoms with van der Waals surface area (Å²) in [6.45, 7) is 0. The van der Waals surface area contributed by atoms with E-state index in [1.54, 1.807) is 11.3 Å². The monoisotopic (exact) mass is 389 g/mol. The van der Waals surface area contributed by atoms with Crippen molar-refractivity contribution in [2.45, 2.75) is 38.5 Å². The van der Waals surface area contributed by atoms with Crippen LogP contribution in [0.3, 0.4) is 0 Å². The Kier molecular flexibility index (Phi) is 4.73. The molecule has 0 fully saturated rings. The van der Waals surface area contributed by atoms with Crippen LogP contribution >= 0.6 is 11.3 Å². The molecule has 0 unspecified atom stereocenters. The molecule has 4 rings (SSSR count). The fourth-order valence-corrected chi connectivity index (χ4v) is 4.64. The number of thiophene rings is 1. The number of aromatic nitrogens is 2. The van der Waals surface area contributed by atoms with Crippen molar-refractivity contribution in [3.63, 3.8) is 0 Å². The number of anilines is 1. The highest BCUT2D eigenvalue weighted by molar-refractivity contribution is 7.18. The Balaban J connectivity index is 1.48. The van der Waals surface area contributed by atoms with Crippen LogP contribution in [0.25, 0.3) is 10.2 Å². The number of halogens is 2. The quantitative estimate of drug-likeness (QED) is 0.714. The highest BCUT2D eigenvalue weighted by atomic mass is 32.1. The maximum atomic E-state index is 13.6. The van der Waals surface area contributed by atoms with Crippen molar-refractivity contribution >= 4 is 33.1 Å². The van der Waals surface area contributed by atoms with Crippen LogP contribution in [-0.2, 0) is 24.1 Å². The van der Waals surface area contributed by atoms with Crippen LogP contribution in [0.2, 0.25) is 0 Å². The maximum absolute atomic E-state index is 13.6. The number of hydrogen-bond acceptors (Lipinski definition) is 4. The summed E-state index contributed by atoms with van der Waals surface area (Å²) in [6, 6.07) is 2.95. The first-order valence-electron chi connectivity index (χ1n) is 8.79. The van der Waals surface area contributed by atoms with Gasteiger partial charge in [0.05, 0.1) is 11.1 Å². The van der Waals surface area contributed by atoms with Gasteiger partial charge >= 0.3 is 0 Å².